The van der Waals surface area contributed by atoms with Crippen molar-refractivity contribution >= 4 is 28.9 Å². The monoisotopic (exact) mass is 250 g/mol. The highest BCUT2D eigenvalue weighted by molar-refractivity contribution is 7.80. The fourth-order valence-corrected chi connectivity index (χ4v) is 2.24. The predicted octanol–water partition coefficient (Wildman–Crippen LogP) is 1.65. The third-order valence-corrected chi connectivity index (χ3v) is 3.19. The fourth-order valence-electron chi connectivity index (χ4n) is 1.85. The molecule has 0 spiro atoms. The van der Waals surface area contributed by atoms with E-state index in [1.54, 1.807) is 7.11 Å². The van der Waals surface area contributed by atoms with Crippen LogP contribution in [0.15, 0.2) is 24.3 Å². The lowest BCUT2D eigenvalue weighted by atomic mass is 10.2. The van der Waals surface area contributed by atoms with Crippen molar-refractivity contribution < 1.29 is 9.53 Å². The summed E-state index contributed by atoms with van der Waals surface area (Å²) in [4.78, 5) is 15.4. The maximum atomic E-state index is 12.0. The molecule has 0 saturated carbocycles. The number of benzene rings is 1. The van der Waals surface area contributed by atoms with Crippen molar-refractivity contribution in [2.24, 2.45) is 0 Å². The Morgan fingerprint density at radius 3 is 2.71 bits per heavy atom. The van der Waals surface area contributed by atoms with Crippen LogP contribution in [-0.2, 0) is 4.79 Å². The van der Waals surface area contributed by atoms with Crippen molar-refractivity contribution in [3.05, 3.63) is 24.3 Å². The smallest absolute Gasteiger partial charge is 0.253 e. The number of carbonyl (C=O) groups is 1. The second kappa shape index (κ2) is 4.71. The molecule has 0 atom stereocenters. The van der Waals surface area contributed by atoms with Gasteiger partial charge in [0.15, 0.2) is 5.11 Å². The van der Waals surface area contributed by atoms with Crippen molar-refractivity contribution in [1.82, 2.24) is 4.90 Å². The van der Waals surface area contributed by atoms with Gasteiger partial charge in [-0.1, -0.05) is 12.1 Å². The van der Waals surface area contributed by atoms with E-state index in [0.717, 1.165) is 6.54 Å². The molecular formula is C12H14N2O2S. The SMILES string of the molecule is CCN1CC(=O)N(c2ccccc2OC)C1=S. The Kier molecular flexibility index (Phi) is 3.28. The van der Waals surface area contributed by atoms with Gasteiger partial charge >= 0.3 is 0 Å². The van der Waals surface area contributed by atoms with Gasteiger partial charge in [0, 0.05) is 6.54 Å². The molecule has 0 bridgehead atoms. The Labute approximate surface area is 106 Å². The minimum Gasteiger partial charge on any atom is -0.495 e. The quantitative estimate of drug-likeness (QED) is 0.764. The highest BCUT2D eigenvalue weighted by Gasteiger charge is 2.34. The molecule has 0 radical (unpaired) electrons. The molecule has 1 aliphatic rings. The number of para-hydroxylation sites is 2. The first-order valence-corrected chi connectivity index (χ1v) is 5.84. The molecule has 0 unspecified atom stereocenters. The van der Waals surface area contributed by atoms with Crippen LogP contribution >= 0.6 is 12.2 Å². The molecule has 1 aromatic carbocycles. The summed E-state index contributed by atoms with van der Waals surface area (Å²) in [5.74, 6) is 0.641. The van der Waals surface area contributed by atoms with E-state index in [1.807, 2.05) is 36.1 Å². The van der Waals surface area contributed by atoms with Crippen LogP contribution < -0.4 is 9.64 Å². The number of thiocarbonyl (C=S) groups is 1. The van der Waals surface area contributed by atoms with Crippen LogP contribution in [0, 0.1) is 0 Å². The van der Waals surface area contributed by atoms with E-state index in [0.29, 0.717) is 23.1 Å². The normalized spacial score (nSPS) is 15.6. The van der Waals surface area contributed by atoms with Crippen molar-refractivity contribution in [2.75, 3.05) is 25.1 Å². The standard InChI is InChI=1S/C12H14N2O2S/c1-3-13-8-11(15)14(12(13)17)9-6-4-5-7-10(9)16-2/h4-7H,3,8H2,1-2H3. The third-order valence-electron chi connectivity index (χ3n) is 2.75. The molecule has 0 N–H and O–H groups in total. The molecule has 17 heavy (non-hydrogen) atoms. The minimum absolute atomic E-state index is 0.0126. The number of hydrogen-bond donors (Lipinski definition) is 0. The first-order valence-electron chi connectivity index (χ1n) is 5.44. The Balaban J connectivity index is 2.40. The first kappa shape index (κ1) is 11.9. The van der Waals surface area contributed by atoms with E-state index in [9.17, 15) is 4.79 Å². The topological polar surface area (TPSA) is 32.8 Å². The van der Waals surface area contributed by atoms with Crippen molar-refractivity contribution in [3.63, 3.8) is 0 Å². The van der Waals surface area contributed by atoms with Crippen LogP contribution in [0.5, 0.6) is 5.75 Å². The van der Waals surface area contributed by atoms with Crippen molar-refractivity contribution in [1.29, 1.82) is 0 Å². The lowest BCUT2D eigenvalue weighted by Crippen LogP contribution is -2.32. The molecule has 0 aromatic heterocycles. The van der Waals surface area contributed by atoms with Gasteiger partial charge in [-0.05, 0) is 31.3 Å². The number of likely N-dealkylation sites (N-methyl/N-ethyl adjacent to an activating group) is 1. The van der Waals surface area contributed by atoms with Crippen LogP contribution in [0.4, 0.5) is 5.69 Å². The van der Waals surface area contributed by atoms with E-state index in [-0.39, 0.29) is 5.91 Å². The number of amides is 1. The van der Waals surface area contributed by atoms with Crippen LogP contribution in [0.25, 0.3) is 0 Å². The molecule has 1 saturated heterocycles. The molecule has 5 heteroatoms. The molecule has 1 aliphatic heterocycles. The number of ether oxygens (including phenoxy) is 1. The predicted molar refractivity (Wildman–Crippen MR) is 70.3 cm³/mol. The molecule has 4 nitrogen and oxygen atoms in total. The summed E-state index contributed by atoms with van der Waals surface area (Å²) in [6.07, 6.45) is 0. The molecule has 1 amide bonds. The van der Waals surface area contributed by atoms with Gasteiger partial charge in [-0.25, -0.2) is 0 Å². The largest absolute Gasteiger partial charge is 0.495 e. The zero-order valence-corrected chi connectivity index (χ0v) is 10.7. The Morgan fingerprint density at radius 2 is 2.12 bits per heavy atom. The first-order chi connectivity index (χ1) is 8.19. The van der Waals surface area contributed by atoms with Gasteiger partial charge in [-0.3, -0.25) is 9.69 Å². The molecule has 0 aliphatic carbocycles. The molecule has 1 heterocycles. The van der Waals surface area contributed by atoms with Crippen LogP contribution in [0.1, 0.15) is 6.92 Å². The minimum atomic E-state index is -0.0126. The summed E-state index contributed by atoms with van der Waals surface area (Å²) in [5, 5.41) is 0.544. The Bertz CT molecular complexity index is 462. The van der Waals surface area contributed by atoms with Gasteiger partial charge in [0.25, 0.3) is 5.91 Å². The highest BCUT2D eigenvalue weighted by Crippen LogP contribution is 2.30. The van der Waals surface area contributed by atoms with Gasteiger partial charge in [-0.2, -0.15) is 0 Å². The number of anilines is 1. The van der Waals surface area contributed by atoms with Crippen LogP contribution in [0.3, 0.4) is 0 Å². The van der Waals surface area contributed by atoms with Crippen molar-refractivity contribution in [3.8, 4) is 5.75 Å². The lowest BCUT2D eigenvalue weighted by molar-refractivity contribution is -0.116. The van der Waals surface area contributed by atoms with Gasteiger partial charge in [0.05, 0.1) is 19.3 Å². The molecule has 1 aromatic rings. The van der Waals surface area contributed by atoms with Gasteiger partial charge in [-0.15, -0.1) is 0 Å². The number of rotatable bonds is 3. The summed E-state index contributed by atoms with van der Waals surface area (Å²) >= 11 is 5.30. The van der Waals surface area contributed by atoms with E-state index < -0.39 is 0 Å². The van der Waals surface area contributed by atoms with Crippen molar-refractivity contribution in [2.45, 2.75) is 6.92 Å². The maximum absolute atomic E-state index is 12.0. The van der Waals surface area contributed by atoms with Gasteiger partial charge < -0.3 is 9.64 Å². The molecular weight excluding hydrogens is 236 g/mol. The summed E-state index contributed by atoms with van der Waals surface area (Å²) < 4.78 is 5.25. The van der Waals surface area contributed by atoms with E-state index >= 15 is 0 Å². The summed E-state index contributed by atoms with van der Waals surface area (Å²) in [7, 11) is 1.58. The van der Waals surface area contributed by atoms with Crippen LogP contribution in [0.2, 0.25) is 0 Å². The number of nitrogens with zero attached hydrogens (tertiary/aromatic N) is 2. The zero-order chi connectivity index (χ0) is 12.4. The average Bonchev–Trinajstić information content (AvgIpc) is 2.64. The summed E-state index contributed by atoms with van der Waals surface area (Å²) in [6, 6.07) is 7.38. The lowest BCUT2D eigenvalue weighted by Gasteiger charge is -2.20. The Morgan fingerprint density at radius 1 is 1.41 bits per heavy atom. The van der Waals surface area contributed by atoms with E-state index in [4.69, 9.17) is 17.0 Å². The second-order valence-electron chi connectivity index (χ2n) is 3.70. The average molecular weight is 250 g/mol. The molecule has 90 valence electrons. The van der Waals surface area contributed by atoms with E-state index in [1.165, 1.54) is 4.90 Å². The molecule has 2 rings (SSSR count). The Hall–Kier alpha value is -1.62. The van der Waals surface area contributed by atoms with Crippen LogP contribution in [-0.4, -0.2) is 36.1 Å². The number of hydrogen-bond acceptors (Lipinski definition) is 3. The second-order valence-corrected chi connectivity index (χ2v) is 4.06. The fraction of sp³-hybridized carbons (Fsp3) is 0.333. The highest BCUT2D eigenvalue weighted by atomic mass is 32.1. The van der Waals surface area contributed by atoms with E-state index in [2.05, 4.69) is 0 Å². The third kappa shape index (κ3) is 1.98. The number of methoxy groups -OCH3 is 1. The maximum Gasteiger partial charge on any atom is 0.253 e. The van der Waals surface area contributed by atoms with Gasteiger partial charge in [0.2, 0.25) is 0 Å². The summed E-state index contributed by atoms with van der Waals surface area (Å²) in [5.41, 5.74) is 0.709. The zero-order valence-electron chi connectivity index (χ0n) is 9.84. The molecule has 1 fully saturated rings. The summed E-state index contributed by atoms with van der Waals surface area (Å²) in [6.45, 7) is 3.05. The van der Waals surface area contributed by atoms with Gasteiger partial charge in [0.1, 0.15) is 5.75 Å². The number of carbonyl (C=O) groups excluding carboxylic acids is 1.